The molecule has 0 aliphatic rings. The van der Waals surface area contributed by atoms with E-state index in [9.17, 15) is 4.79 Å². The molecule has 6 nitrogen and oxygen atoms in total. The quantitative estimate of drug-likeness (QED) is 0.339. The maximum Gasteiger partial charge on any atom is 0.277 e. The monoisotopic (exact) mass is 423 g/mol. The zero-order valence-corrected chi connectivity index (χ0v) is 17.1. The first-order valence-electron chi connectivity index (χ1n) is 8.80. The van der Waals surface area contributed by atoms with Gasteiger partial charge in [-0.3, -0.25) is 4.79 Å². The second kappa shape index (κ2) is 8.93. The SMILES string of the molecule is Cc1ccc(OCC(=O)NN=Cc2ccc(Sc3nc4ccccc4s3)o2)cc1. The van der Waals surface area contributed by atoms with Crippen LogP contribution in [-0.4, -0.2) is 23.7 Å². The Hall–Kier alpha value is -3.10. The Labute approximate surface area is 175 Å². The molecule has 2 heterocycles. The fraction of sp³-hybridized carbons (Fsp3) is 0.0952. The van der Waals surface area contributed by atoms with Gasteiger partial charge in [-0.2, -0.15) is 5.10 Å². The smallest absolute Gasteiger partial charge is 0.277 e. The highest BCUT2D eigenvalue weighted by molar-refractivity contribution is 8.01. The summed E-state index contributed by atoms with van der Waals surface area (Å²) in [5.41, 5.74) is 4.52. The number of ether oxygens (including phenoxy) is 1. The van der Waals surface area contributed by atoms with Gasteiger partial charge in [-0.15, -0.1) is 11.3 Å². The van der Waals surface area contributed by atoms with E-state index < -0.39 is 0 Å². The van der Waals surface area contributed by atoms with Gasteiger partial charge in [0.15, 0.2) is 16.0 Å². The molecule has 2 aromatic heterocycles. The van der Waals surface area contributed by atoms with Crippen LogP contribution < -0.4 is 10.2 Å². The van der Waals surface area contributed by atoms with Crippen LogP contribution in [-0.2, 0) is 4.79 Å². The Kier molecular flexibility index (Phi) is 5.92. The van der Waals surface area contributed by atoms with Crippen LogP contribution in [0.1, 0.15) is 11.3 Å². The van der Waals surface area contributed by atoms with Crippen LogP contribution in [0.4, 0.5) is 0 Å². The van der Waals surface area contributed by atoms with Crippen LogP contribution in [0.3, 0.4) is 0 Å². The Morgan fingerprint density at radius 1 is 1.21 bits per heavy atom. The molecule has 146 valence electrons. The first-order valence-corrected chi connectivity index (χ1v) is 10.4. The van der Waals surface area contributed by atoms with Crippen molar-refractivity contribution in [3.63, 3.8) is 0 Å². The molecule has 29 heavy (non-hydrogen) atoms. The molecule has 0 atom stereocenters. The van der Waals surface area contributed by atoms with E-state index in [2.05, 4.69) is 15.5 Å². The third-order valence-electron chi connectivity index (χ3n) is 3.84. The second-order valence-corrected chi connectivity index (χ2v) is 8.38. The number of carbonyl (C=O) groups excluding carboxylic acids is 1. The molecule has 4 rings (SSSR count). The van der Waals surface area contributed by atoms with Gasteiger partial charge in [0.2, 0.25) is 0 Å². The fourth-order valence-electron chi connectivity index (χ4n) is 2.42. The number of para-hydroxylation sites is 1. The number of rotatable bonds is 7. The predicted molar refractivity (Wildman–Crippen MR) is 115 cm³/mol. The molecular weight excluding hydrogens is 406 g/mol. The number of fused-ring (bicyclic) bond motifs is 1. The average Bonchev–Trinajstić information content (AvgIpc) is 3.34. The lowest BCUT2D eigenvalue weighted by atomic mass is 10.2. The van der Waals surface area contributed by atoms with Crippen LogP contribution in [0.2, 0.25) is 0 Å². The van der Waals surface area contributed by atoms with Crippen molar-refractivity contribution < 1.29 is 13.9 Å². The van der Waals surface area contributed by atoms with Crippen LogP contribution >= 0.6 is 23.1 Å². The first kappa shape index (κ1) is 19.2. The van der Waals surface area contributed by atoms with Crippen molar-refractivity contribution >= 4 is 45.4 Å². The number of hydrogen-bond donors (Lipinski definition) is 1. The zero-order valence-electron chi connectivity index (χ0n) is 15.5. The van der Waals surface area contributed by atoms with Gasteiger partial charge in [-0.25, -0.2) is 10.4 Å². The topological polar surface area (TPSA) is 76.7 Å². The molecule has 2 aromatic carbocycles. The minimum absolute atomic E-state index is 0.114. The predicted octanol–water partition coefficient (Wildman–Crippen LogP) is 4.88. The number of nitrogens with zero attached hydrogens (tertiary/aromatic N) is 2. The number of benzene rings is 2. The molecule has 0 radical (unpaired) electrons. The number of aromatic nitrogens is 1. The lowest BCUT2D eigenvalue weighted by Crippen LogP contribution is -2.24. The third kappa shape index (κ3) is 5.24. The van der Waals surface area contributed by atoms with Gasteiger partial charge < -0.3 is 9.15 Å². The fourth-order valence-corrected chi connectivity index (χ4v) is 4.39. The number of carbonyl (C=O) groups is 1. The molecule has 0 saturated heterocycles. The van der Waals surface area contributed by atoms with Crippen molar-refractivity contribution in [3.8, 4) is 5.75 Å². The van der Waals surface area contributed by atoms with E-state index in [4.69, 9.17) is 9.15 Å². The molecule has 0 spiro atoms. The first-order chi connectivity index (χ1) is 14.2. The highest BCUT2D eigenvalue weighted by Gasteiger charge is 2.08. The standard InChI is InChI=1S/C21H17N3O3S2/c1-14-6-8-15(9-7-14)26-13-19(25)24-22-12-16-10-11-20(27-16)29-21-23-17-4-2-3-5-18(17)28-21/h2-12H,13H2,1H3,(H,24,25). The van der Waals surface area contributed by atoms with Crippen molar-refractivity contribution in [2.45, 2.75) is 16.4 Å². The van der Waals surface area contributed by atoms with Gasteiger partial charge >= 0.3 is 0 Å². The lowest BCUT2D eigenvalue weighted by Gasteiger charge is -2.04. The minimum atomic E-state index is -0.350. The number of amides is 1. The summed E-state index contributed by atoms with van der Waals surface area (Å²) >= 11 is 3.07. The van der Waals surface area contributed by atoms with E-state index in [1.165, 1.54) is 18.0 Å². The molecule has 4 aromatic rings. The van der Waals surface area contributed by atoms with Crippen molar-refractivity contribution in [1.82, 2.24) is 10.4 Å². The summed E-state index contributed by atoms with van der Waals surface area (Å²) in [4.78, 5) is 16.4. The zero-order chi connectivity index (χ0) is 20.1. The maximum atomic E-state index is 11.8. The molecule has 1 amide bonds. The highest BCUT2D eigenvalue weighted by Crippen LogP contribution is 2.34. The normalized spacial score (nSPS) is 11.2. The number of furan rings is 1. The van der Waals surface area contributed by atoms with Crippen molar-refractivity contribution in [3.05, 3.63) is 72.0 Å². The van der Waals surface area contributed by atoms with Crippen molar-refractivity contribution in [1.29, 1.82) is 0 Å². The van der Waals surface area contributed by atoms with E-state index in [-0.39, 0.29) is 12.5 Å². The van der Waals surface area contributed by atoms with Gasteiger partial charge in [-0.1, -0.05) is 29.8 Å². The van der Waals surface area contributed by atoms with E-state index in [0.717, 1.165) is 20.1 Å². The Balaban J connectivity index is 1.27. The summed E-state index contributed by atoms with van der Waals surface area (Å²) < 4.78 is 13.2. The Bertz CT molecular complexity index is 1120. The van der Waals surface area contributed by atoms with Crippen LogP contribution in [0.15, 0.2) is 79.6 Å². The summed E-state index contributed by atoms with van der Waals surface area (Å²) in [5, 5.41) is 4.61. The van der Waals surface area contributed by atoms with Crippen LogP contribution in [0, 0.1) is 6.92 Å². The van der Waals surface area contributed by atoms with Crippen molar-refractivity contribution in [2.24, 2.45) is 5.10 Å². The molecule has 1 N–H and O–H groups in total. The molecule has 0 aliphatic carbocycles. The van der Waals surface area contributed by atoms with Crippen LogP contribution in [0.5, 0.6) is 5.75 Å². The average molecular weight is 424 g/mol. The highest BCUT2D eigenvalue weighted by atomic mass is 32.2. The molecule has 8 heteroatoms. The number of hydrazone groups is 1. The number of nitrogens with one attached hydrogen (secondary N) is 1. The summed E-state index contributed by atoms with van der Waals surface area (Å²) in [6.07, 6.45) is 1.45. The lowest BCUT2D eigenvalue weighted by molar-refractivity contribution is -0.123. The molecule has 0 unspecified atom stereocenters. The third-order valence-corrected chi connectivity index (χ3v) is 5.85. The number of aryl methyl sites for hydroxylation is 1. The summed E-state index contributed by atoms with van der Waals surface area (Å²) in [7, 11) is 0. The second-order valence-electron chi connectivity index (χ2n) is 6.10. The molecule has 0 bridgehead atoms. The van der Waals surface area contributed by atoms with Gasteiger partial charge in [0.1, 0.15) is 11.5 Å². The summed E-state index contributed by atoms with van der Waals surface area (Å²) in [6, 6.07) is 19.1. The van der Waals surface area contributed by atoms with Crippen LogP contribution in [0.25, 0.3) is 10.2 Å². The Morgan fingerprint density at radius 2 is 2.03 bits per heavy atom. The maximum absolute atomic E-state index is 11.8. The summed E-state index contributed by atoms with van der Waals surface area (Å²) in [6.45, 7) is 1.88. The van der Waals surface area contributed by atoms with Gasteiger partial charge in [-0.05, 0) is 55.1 Å². The van der Waals surface area contributed by atoms with E-state index in [1.54, 1.807) is 17.4 Å². The van der Waals surface area contributed by atoms with E-state index >= 15 is 0 Å². The van der Waals surface area contributed by atoms with Gasteiger partial charge in [0.25, 0.3) is 5.91 Å². The molecule has 0 aliphatic heterocycles. The number of thiazole rings is 1. The number of hydrogen-bond acceptors (Lipinski definition) is 7. The van der Waals surface area contributed by atoms with Gasteiger partial charge in [0.05, 0.1) is 16.4 Å². The van der Waals surface area contributed by atoms with E-state index in [1.807, 2.05) is 61.5 Å². The van der Waals surface area contributed by atoms with Gasteiger partial charge in [0, 0.05) is 0 Å². The van der Waals surface area contributed by atoms with E-state index in [0.29, 0.717) is 16.6 Å². The summed E-state index contributed by atoms with van der Waals surface area (Å²) in [5.74, 6) is 0.822. The molecular formula is C21H17N3O3S2. The van der Waals surface area contributed by atoms with Crippen molar-refractivity contribution in [2.75, 3.05) is 6.61 Å². The minimum Gasteiger partial charge on any atom is -0.484 e. The molecule has 0 saturated carbocycles. The largest absolute Gasteiger partial charge is 0.484 e. The molecule has 0 fully saturated rings. The Morgan fingerprint density at radius 3 is 2.86 bits per heavy atom.